The molecule has 0 aliphatic rings. The van der Waals surface area contributed by atoms with Gasteiger partial charge in [0.2, 0.25) is 0 Å². The van der Waals surface area contributed by atoms with Gasteiger partial charge in [-0.1, -0.05) is 97.1 Å². The summed E-state index contributed by atoms with van der Waals surface area (Å²) in [5, 5.41) is 0. The molecule has 4 aromatic carbocycles. The molecule has 0 unspecified atom stereocenters. The van der Waals surface area contributed by atoms with Gasteiger partial charge in [0.05, 0.1) is 24.3 Å². The first kappa shape index (κ1) is 28.7. The Bertz CT molecular complexity index is 1260. The minimum atomic E-state index is -0.776. The van der Waals surface area contributed by atoms with Gasteiger partial charge in [0, 0.05) is 6.61 Å². The molecule has 8 heteroatoms. The van der Waals surface area contributed by atoms with Crippen molar-refractivity contribution in [3.8, 4) is 22.3 Å². The Hall–Kier alpha value is -4.34. The van der Waals surface area contributed by atoms with E-state index in [0.29, 0.717) is 11.1 Å². The zero-order valence-corrected chi connectivity index (χ0v) is 21.7. The molecule has 204 valence electrons. The fourth-order valence-electron chi connectivity index (χ4n) is 3.76. The Morgan fingerprint density at radius 2 is 0.950 bits per heavy atom. The smallest absolute Gasteiger partial charge is 0.373 e. The van der Waals surface area contributed by atoms with Crippen molar-refractivity contribution in [1.82, 2.24) is 0 Å². The van der Waals surface area contributed by atoms with E-state index in [9.17, 15) is 9.59 Å². The third-order valence-electron chi connectivity index (χ3n) is 5.62. The van der Waals surface area contributed by atoms with Gasteiger partial charge in [-0.2, -0.15) is 0 Å². The Kier molecular flexibility index (Phi) is 11.0. The van der Waals surface area contributed by atoms with Crippen LogP contribution in [-0.4, -0.2) is 38.4 Å². The van der Waals surface area contributed by atoms with Crippen LogP contribution in [0.2, 0.25) is 0 Å². The second-order valence-corrected chi connectivity index (χ2v) is 8.27. The van der Waals surface area contributed by atoms with Gasteiger partial charge in [-0.3, -0.25) is 9.78 Å². The Morgan fingerprint density at radius 3 is 1.43 bits per heavy atom. The molecule has 4 rings (SSSR count). The van der Waals surface area contributed by atoms with Gasteiger partial charge in [0.1, 0.15) is 6.61 Å². The van der Waals surface area contributed by atoms with Crippen molar-refractivity contribution in [3.05, 3.63) is 134 Å². The third kappa shape index (κ3) is 8.08. The van der Waals surface area contributed by atoms with Crippen molar-refractivity contribution < 1.29 is 38.6 Å². The zero-order valence-electron chi connectivity index (χ0n) is 21.7. The van der Waals surface area contributed by atoms with E-state index in [1.54, 1.807) is 36.4 Å². The SMILES string of the molecule is [CH2]COCCOC[C](OOC(=O)c1ccccc1-c1ccccc1)OOC(=O)c1ccccc1-c1ccccc1. The maximum absolute atomic E-state index is 12.9. The zero-order chi connectivity index (χ0) is 28.0. The molecule has 2 radical (unpaired) electrons. The minimum Gasteiger partial charge on any atom is -0.379 e. The third-order valence-corrected chi connectivity index (χ3v) is 5.62. The second-order valence-electron chi connectivity index (χ2n) is 8.27. The highest BCUT2D eigenvalue weighted by Gasteiger charge is 2.24. The minimum absolute atomic E-state index is 0.168. The normalized spacial score (nSPS) is 10.8. The van der Waals surface area contributed by atoms with Crippen molar-refractivity contribution in [3.63, 3.8) is 0 Å². The molecule has 0 amide bonds. The molecular formula is C32H28O8. The van der Waals surface area contributed by atoms with E-state index in [0.717, 1.165) is 11.1 Å². The molecule has 0 spiro atoms. The molecular weight excluding hydrogens is 512 g/mol. The highest BCUT2D eigenvalue weighted by molar-refractivity contribution is 5.97. The average molecular weight is 541 g/mol. The lowest BCUT2D eigenvalue weighted by atomic mass is 10.00. The van der Waals surface area contributed by atoms with Crippen LogP contribution in [0.25, 0.3) is 22.3 Å². The predicted octanol–water partition coefficient (Wildman–Crippen LogP) is 6.25. The van der Waals surface area contributed by atoms with Gasteiger partial charge in [-0.05, 0) is 41.3 Å². The number of carbonyl (C=O) groups excluding carboxylic acids is 2. The summed E-state index contributed by atoms with van der Waals surface area (Å²) >= 11 is 0. The first-order valence-electron chi connectivity index (χ1n) is 12.5. The standard InChI is InChI=1S/C32H28O8/c1-2-35-21-22-36-23-30(37-39-31(33)28-19-11-9-17-26(28)24-13-5-3-6-14-24)38-40-32(34)29-20-12-10-18-27(29)25-15-7-4-8-16-25/h3-20H,1-2,21-23H2. The van der Waals surface area contributed by atoms with Crippen molar-refractivity contribution >= 4 is 11.9 Å². The molecule has 4 aromatic rings. The molecule has 0 heterocycles. The van der Waals surface area contributed by atoms with Crippen molar-refractivity contribution in [2.45, 2.75) is 0 Å². The van der Waals surface area contributed by atoms with Crippen LogP contribution in [0, 0.1) is 13.2 Å². The van der Waals surface area contributed by atoms with Gasteiger partial charge in [0.15, 0.2) is 0 Å². The topological polar surface area (TPSA) is 89.5 Å². The van der Waals surface area contributed by atoms with Gasteiger partial charge in [0.25, 0.3) is 0 Å². The molecule has 0 fully saturated rings. The molecule has 8 nitrogen and oxygen atoms in total. The van der Waals surface area contributed by atoms with Crippen molar-refractivity contribution in [1.29, 1.82) is 0 Å². The molecule has 0 N–H and O–H groups in total. The molecule has 0 atom stereocenters. The monoisotopic (exact) mass is 540 g/mol. The summed E-state index contributed by atoms with van der Waals surface area (Å²) < 4.78 is 10.6. The van der Waals surface area contributed by atoms with Crippen LogP contribution in [0.1, 0.15) is 20.7 Å². The number of hydrogen-bond acceptors (Lipinski definition) is 8. The summed E-state index contributed by atoms with van der Waals surface area (Å²) in [5.74, 6) is -1.55. The number of hydrogen-bond donors (Lipinski definition) is 0. The molecule has 0 aliphatic carbocycles. The summed E-state index contributed by atoms with van der Waals surface area (Å²) in [5.41, 5.74) is 3.51. The van der Waals surface area contributed by atoms with E-state index in [2.05, 4.69) is 6.92 Å². The molecule has 0 saturated heterocycles. The molecule has 0 aromatic heterocycles. The summed E-state index contributed by atoms with van der Waals surface area (Å²) in [4.78, 5) is 46.2. The lowest BCUT2D eigenvalue weighted by molar-refractivity contribution is -0.368. The molecule has 0 aliphatic heterocycles. The summed E-state index contributed by atoms with van der Waals surface area (Å²) in [6.07, 6.45) is -0.397. The lowest BCUT2D eigenvalue weighted by Crippen LogP contribution is -2.21. The van der Waals surface area contributed by atoms with Gasteiger partial charge < -0.3 is 9.47 Å². The highest BCUT2D eigenvalue weighted by atomic mass is 17.3. The molecule has 40 heavy (non-hydrogen) atoms. The Balaban J connectivity index is 1.42. The van der Waals surface area contributed by atoms with E-state index in [1.807, 2.05) is 72.8 Å². The van der Waals surface area contributed by atoms with Gasteiger partial charge in [-0.25, -0.2) is 9.59 Å². The van der Waals surface area contributed by atoms with E-state index in [1.165, 1.54) is 0 Å². The number of ether oxygens (including phenoxy) is 2. The Morgan fingerprint density at radius 1 is 0.525 bits per heavy atom. The fraction of sp³-hybridized carbons (Fsp3) is 0.125. The molecule has 0 saturated carbocycles. The van der Waals surface area contributed by atoms with E-state index < -0.39 is 18.2 Å². The number of carbonyl (C=O) groups is 2. The summed E-state index contributed by atoms with van der Waals surface area (Å²) in [6, 6.07) is 32.6. The van der Waals surface area contributed by atoms with Crippen molar-refractivity contribution in [2.24, 2.45) is 0 Å². The van der Waals surface area contributed by atoms with Crippen LogP contribution < -0.4 is 0 Å². The maximum Gasteiger partial charge on any atom is 0.373 e. The number of rotatable bonds is 14. The van der Waals surface area contributed by atoms with E-state index in [-0.39, 0.29) is 37.6 Å². The second kappa shape index (κ2) is 15.3. The lowest BCUT2D eigenvalue weighted by Gasteiger charge is -2.15. The van der Waals surface area contributed by atoms with Crippen LogP contribution in [0.5, 0.6) is 0 Å². The maximum atomic E-state index is 12.9. The quantitative estimate of drug-likeness (QED) is 0.105. The van der Waals surface area contributed by atoms with Crippen LogP contribution in [0.3, 0.4) is 0 Å². The van der Waals surface area contributed by atoms with Crippen LogP contribution >= 0.6 is 0 Å². The summed E-state index contributed by atoms with van der Waals surface area (Å²) in [6.45, 7) is 4.00. The highest BCUT2D eigenvalue weighted by Crippen LogP contribution is 2.26. The summed E-state index contributed by atoms with van der Waals surface area (Å²) in [7, 11) is 0. The molecule has 0 bridgehead atoms. The predicted molar refractivity (Wildman–Crippen MR) is 147 cm³/mol. The van der Waals surface area contributed by atoms with Gasteiger partial charge in [-0.15, -0.1) is 9.78 Å². The largest absolute Gasteiger partial charge is 0.379 e. The first-order valence-corrected chi connectivity index (χ1v) is 12.5. The van der Waals surface area contributed by atoms with E-state index in [4.69, 9.17) is 29.0 Å². The average Bonchev–Trinajstić information content (AvgIpc) is 3.02. The first-order chi connectivity index (χ1) is 19.7. The Labute approximate surface area is 232 Å². The van der Waals surface area contributed by atoms with Crippen LogP contribution in [0.4, 0.5) is 0 Å². The van der Waals surface area contributed by atoms with E-state index >= 15 is 0 Å². The van der Waals surface area contributed by atoms with Crippen molar-refractivity contribution in [2.75, 3.05) is 26.4 Å². The number of benzene rings is 4. The van der Waals surface area contributed by atoms with Crippen LogP contribution in [0.15, 0.2) is 109 Å². The van der Waals surface area contributed by atoms with Gasteiger partial charge >= 0.3 is 18.2 Å². The fourth-order valence-corrected chi connectivity index (χ4v) is 3.76. The van der Waals surface area contributed by atoms with Crippen LogP contribution in [-0.2, 0) is 29.0 Å².